The van der Waals surface area contributed by atoms with E-state index in [2.05, 4.69) is 46.3 Å². The quantitative estimate of drug-likeness (QED) is 0.503. The highest BCUT2D eigenvalue weighted by Gasteiger charge is 2.19. The van der Waals surface area contributed by atoms with Crippen molar-refractivity contribution in [1.29, 1.82) is 0 Å². The molecule has 0 radical (unpaired) electrons. The van der Waals surface area contributed by atoms with Gasteiger partial charge in [-0.25, -0.2) is 0 Å². The highest BCUT2D eigenvalue weighted by atomic mass is 16.5. The Morgan fingerprint density at radius 3 is 0.960 bits per heavy atom. The van der Waals surface area contributed by atoms with Gasteiger partial charge in [-0.3, -0.25) is 0 Å². The van der Waals surface area contributed by atoms with Gasteiger partial charge in [-0.2, -0.15) is 0 Å². The first kappa shape index (κ1) is 32.4. The van der Waals surface area contributed by atoms with Crippen LogP contribution in [0.3, 0.4) is 0 Å². The van der Waals surface area contributed by atoms with Crippen LogP contribution in [-0.4, -0.2) is 84.5 Å². The molecule has 0 aromatic heterocycles. The van der Waals surface area contributed by atoms with Crippen molar-refractivity contribution in [1.82, 2.24) is 0 Å². The molecule has 0 aromatic carbocycles. The molecule has 0 saturated heterocycles. The van der Waals surface area contributed by atoms with Gasteiger partial charge in [0.1, 0.15) is 0 Å². The zero-order valence-corrected chi connectivity index (χ0v) is 17.7. The molecule has 0 atom stereocenters. The topological polar surface area (TPSA) is 109 Å². The van der Waals surface area contributed by atoms with E-state index in [0.29, 0.717) is 13.2 Å². The average Bonchev–Trinajstić information content (AvgIpc) is 2.46. The summed E-state index contributed by atoms with van der Waals surface area (Å²) in [5, 5.41) is 31.4. The first-order valence-electron chi connectivity index (χ1n) is 8.74. The zero-order valence-electron chi connectivity index (χ0n) is 17.7. The summed E-state index contributed by atoms with van der Waals surface area (Å²) >= 11 is 0. The largest absolute Gasteiger partial charge is 0.394 e. The van der Waals surface area contributed by atoms with Crippen molar-refractivity contribution in [2.75, 3.05) is 52.9 Å². The lowest BCUT2D eigenvalue weighted by Gasteiger charge is -2.30. The van der Waals surface area contributed by atoms with E-state index in [-0.39, 0.29) is 37.6 Å². The summed E-state index contributed by atoms with van der Waals surface area (Å²) in [6.07, 6.45) is 0. The van der Waals surface area contributed by atoms with Gasteiger partial charge in [0.2, 0.25) is 0 Å². The van der Waals surface area contributed by atoms with Crippen LogP contribution in [0.15, 0.2) is 0 Å². The maximum atomic E-state index is 8.09. The molecule has 0 spiro atoms. The molecule has 0 amide bonds. The number of rotatable bonds is 7. The Morgan fingerprint density at radius 2 is 0.880 bits per heavy atom. The summed E-state index contributed by atoms with van der Waals surface area (Å²) in [6, 6.07) is 0. The second kappa shape index (κ2) is 23.7. The summed E-state index contributed by atoms with van der Waals surface area (Å²) in [5.74, 6) is 0. The fourth-order valence-electron chi connectivity index (χ4n) is 1.35. The van der Waals surface area contributed by atoms with Crippen molar-refractivity contribution in [3.8, 4) is 0 Å². The minimum Gasteiger partial charge on any atom is -0.394 e. The van der Waals surface area contributed by atoms with Crippen LogP contribution in [0.4, 0.5) is 0 Å². The zero-order chi connectivity index (χ0) is 20.8. The lowest BCUT2D eigenvalue weighted by atomic mass is 10.1. The Labute approximate surface area is 154 Å². The monoisotopic (exact) mass is 372 g/mol. The lowest BCUT2D eigenvalue weighted by molar-refractivity contribution is -0.102. The van der Waals surface area contributed by atoms with Gasteiger partial charge in [-0.1, -0.05) is 0 Å². The Kier molecular flexibility index (Phi) is 30.7. The molecule has 0 rings (SSSR count). The maximum absolute atomic E-state index is 8.09. The summed E-state index contributed by atoms with van der Waals surface area (Å²) in [4.78, 5) is 0. The van der Waals surface area contributed by atoms with E-state index in [0.717, 1.165) is 13.2 Å². The van der Waals surface area contributed by atoms with Crippen LogP contribution in [-0.2, 0) is 14.2 Å². The summed E-state index contributed by atoms with van der Waals surface area (Å²) in [7, 11) is 0. The first-order valence-corrected chi connectivity index (χ1v) is 8.74. The van der Waals surface area contributed by atoms with Crippen molar-refractivity contribution < 1.29 is 34.6 Å². The second-order valence-corrected chi connectivity index (χ2v) is 6.62. The Hall–Kier alpha value is -0.280. The van der Waals surface area contributed by atoms with Gasteiger partial charge in [0.25, 0.3) is 0 Å². The minimum atomic E-state index is -0.125. The van der Waals surface area contributed by atoms with Gasteiger partial charge in [-0.15, -0.1) is 0 Å². The number of hydrogen-bond acceptors (Lipinski definition) is 7. The number of aliphatic hydroxyl groups is 4. The molecular weight excluding hydrogens is 328 g/mol. The maximum Gasteiger partial charge on any atom is 0.0698 e. The van der Waals surface area contributed by atoms with E-state index in [4.69, 9.17) is 29.9 Å². The molecule has 0 aliphatic carbocycles. The molecular formula is C18H44O7. The molecule has 0 saturated carbocycles. The highest BCUT2D eigenvalue weighted by Crippen LogP contribution is 2.17. The van der Waals surface area contributed by atoms with Crippen molar-refractivity contribution in [3.05, 3.63) is 0 Å². The number of hydrogen-bond donors (Lipinski definition) is 4. The van der Waals surface area contributed by atoms with Crippen molar-refractivity contribution >= 4 is 0 Å². The van der Waals surface area contributed by atoms with Gasteiger partial charge in [-0.05, 0) is 55.4 Å². The molecule has 0 unspecified atom stereocenters. The standard InChI is InChI=1S/C8H18O.C4H10O3.C4H10O.C2H6O2/c1-7(2,3)9-8(4,5)6;5-1-3-7-4-2-6;1-3-5-4-2;3-1-2-4/h1-6H3;5-6H,1-4H2;3-4H2,1-2H3;3-4H,1-2H2. The third kappa shape index (κ3) is 69.2. The van der Waals surface area contributed by atoms with Crippen LogP contribution in [0.2, 0.25) is 0 Å². The SMILES string of the molecule is CC(C)(C)OC(C)(C)C.CCOCC.OCCO.OCCOCCO. The van der Waals surface area contributed by atoms with Crippen LogP contribution in [0.1, 0.15) is 55.4 Å². The highest BCUT2D eigenvalue weighted by molar-refractivity contribution is 4.68. The van der Waals surface area contributed by atoms with Crippen LogP contribution in [0.25, 0.3) is 0 Å². The van der Waals surface area contributed by atoms with E-state index >= 15 is 0 Å². The summed E-state index contributed by atoms with van der Waals surface area (Å²) < 4.78 is 15.1. The van der Waals surface area contributed by atoms with Crippen LogP contribution in [0.5, 0.6) is 0 Å². The molecule has 0 aliphatic heterocycles. The summed E-state index contributed by atoms with van der Waals surface area (Å²) in [5.41, 5.74) is -0.0312. The molecule has 0 heterocycles. The van der Waals surface area contributed by atoms with Gasteiger partial charge < -0.3 is 34.6 Å². The molecule has 0 aromatic rings. The van der Waals surface area contributed by atoms with Crippen LogP contribution < -0.4 is 0 Å². The third-order valence-electron chi connectivity index (χ3n) is 1.59. The molecule has 4 N–H and O–H groups in total. The van der Waals surface area contributed by atoms with Gasteiger partial charge in [0, 0.05) is 13.2 Å². The van der Waals surface area contributed by atoms with E-state index in [1.54, 1.807) is 0 Å². The van der Waals surface area contributed by atoms with E-state index in [1.807, 2.05) is 13.8 Å². The Morgan fingerprint density at radius 1 is 0.560 bits per heavy atom. The van der Waals surface area contributed by atoms with E-state index in [1.165, 1.54) is 0 Å². The van der Waals surface area contributed by atoms with E-state index in [9.17, 15) is 0 Å². The van der Waals surface area contributed by atoms with Crippen molar-refractivity contribution in [2.24, 2.45) is 0 Å². The van der Waals surface area contributed by atoms with Crippen LogP contribution in [0, 0.1) is 0 Å². The fourth-order valence-corrected chi connectivity index (χ4v) is 1.35. The smallest absolute Gasteiger partial charge is 0.0698 e. The molecule has 25 heavy (non-hydrogen) atoms. The third-order valence-corrected chi connectivity index (χ3v) is 1.59. The van der Waals surface area contributed by atoms with Crippen LogP contribution >= 0.6 is 0 Å². The van der Waals surface area contributed by atoms with Gasteiger partial charge >= 0.3 is 0 Å². The Balaban J connectivity index is -0.000000123. The van der Waals surface area contributed by atoms with Crippen molar-refractivity contribution in [2.45, 2.75) is 66.6 Å². The predicted molar refractivity (Wildman–Crippen MR) is 102 cm³/mol. The Bertz CT molecular complexity index is 190. The van der Waals surface area contributed by atoms with Crippen molar-refractivity contribution in [3.63, 3.8) is 0 Å². The minimum absolute atomic E-state index is 0.0156. The van der Waals surface area contributed by atoms with E-state index < -0.39 is 0 Å². The molecule has 0 fully saturated rings. The average molecular weight is 373 g/mol. The fraction of sp³-hybridized carbons (Fsp3) is 1.00. The molecule has 158 valence electrons. The molecule has 7 nitrogen and oxygen atoms in total. The number of aliphatic hydroxyl groups excluding tert-OH is 4. The number of ether oxygens (including phenoxy) is 3. The molecule has 0 bridgehead atoms. The van der Waals surface area contributed by atoms with Gasteiger partial charge in [0.05, 0.1) is 50.8 Å². The van der Waals surface area contributed by atoms with Gasteiger partial charge in [0.15, 0.2) is 0 Å². The first-order chi connectivity index (χ1) is 11.4. The lowest BCUT2D eigenvalue weighted by Crippen LogP contribution is -2.31. The second-order valence-electron chi connectivity index (χ2n) is 6.62. The normalized spacial score (nSPS) is 10.6. The predicted octanol–water partition coefficient (Wildman–Crippen LogP) is 1.60. The molecule has 7 heteroatoms. The summed E-state index contributed by atoms with van der Waals surface area (Å²) in [6.45, 7) is 18.5. The molecule has 0 aliphatic rings.